The number of hydrogen-bond acceptors (Lipinski definition) is 9. The van der Waals surface area contributed by atoms with E-state index in [1.54, 1.807) is 41.7 Å². The van der Waals surface area contributed by atoms with Crippen molar-refractivity contribution in [2.45, 2.75) is 41.5 Å². The first kappa shape index (κ1) is 35.9. The summed E-state index contributed by atoms with van der Waals surface area (Å²) in [7, 11) is 0. The normalized spacial score (nSPS) is 13.8. The average molecular weight is 755 g/mol. The summed E-state index contributed by atoms with van der Waals surface area (Å²) in [6.07, 6.45) is 3.99. The van der Waals surface area contributed by atoms with Crippen molar-refractivity contribution < 1.29 is 14.6 Å². The van der Waals surface area contributed by atoms with E-state index in [0.717, 1.165) is 59.6 Å². The molecule has 3 aromatic heterocycles. The molecule has 0 bridgehead atoms. The van der Waals surface area contributed by atoms with Crippen molar-refractivity contribution in [2.75, 3.05) is 37.9 Å². The summed E-state index contributed by atoms with van der Waals surface area (Å²) < 4.78 is 8.91. The number of anilines is 1. The Morgan fingerprint density at radius 2 is 1.83 bits per heavy atom. The Hall–Kier alpha value is -4.53. The Bertz CT molecular complexity index is 2220. The summed E-state index contributed by atoms with van der Waals surface area (Å²) >= 11 is 9.48. The number of urea groups is 1. The van der Waals surface area contributed by atoms with Crippen molar-refractivity contribution in [1.82, 2.24) is 34.6 Å². The number of nitrogens with one attached hydrogen (secondary N) is 2. The quantitative estimate of drug-likeness (QED) is 0.121. The molecule has 1 aliphatic rings. The summed E-state index contributed by atoms with van der Waals surface area (Å²) in [4.78, 5) is 17.8. The van der Waals surface area contributed by atoms with Crippen molar-refractivity contribution in [1.29, 1.82) is 0 Å². The van der Waals surface area contributed by atoms with Gasteiger partial charge in [0.05, 0.1) is 34.9 Å². The number of aromatic nitrogens is 5. The smallest absolute Gasteiger partial charge is 0.320 e. The summed E-state index contributed by atoms with van der Waals surface area (Å²) in [5, 5.41) is 30.7. The van der Waals surface area contributed by atoms with Crippen LogP contribution in [-0.4, -0.2) is 73.0 Å². The van der Waals surface area contributed by atoms with E-state index in [-0.39, 0.29) is 16.5 Å². The average Bonchev–Trinajstić information content (AvgIpc) is 3.78. The van der Waals surface area contributed by atoms with Crippen LogP contribution >= 0.6 is 35.1 Å². The van der Waals surface area contributed by atoms with Crippen LogP contribution in [0.25, 0.3) is 22.7 Å². The Kier molecular flexibility index (Phi) is 10.8. The monoisotopic (exact) mass is 754 g/mol. The Morgan fingerprint density at radius 3 is 2.65 bits per heavy atom. The number of thioether (sulfide) groups is 1. The van der Waals surface area contributed by atoms with E-state index in [4.69, 9.17) is 21.4 Å². The van der Waals surface area contributed by atoms with Crippen LogP contribution in [0.15, 0.2) is 101 Å². The molecule has 0 saturated carbocycles. The molecule has 11 nitrogen and oxygen atoms in total. The Labute approximate surface area is 315 Å². The largest absolute Gasteiger partial charge is 0.507 e. The third kappa shape index (κ3) is 8.08. The summed E-state index contributed by atoms with van der Waals surface area (Å²) in [6, 6.07) is 26.5. The van der Waals surface area contributed by atoms with Crippen LogP contribution < -0.4 is 10.6 Å². The van der Waals surface area contributed by atoms with Gasteiger partial charge >= 0.3 is 6.03 Å². The molecule has 3 aromatic carbocycles. The van der Waals surface area contributed by atoms with Gasteiger partial charge in [-0.15, -0.1) is 10.2 Å². The van der Waals surface area contributed by atoms with Crippen LogP contribution in [0.4, 0.5) is 10.6 Å². The highest BCUT2D eigenvalue weighted by Crippen LogP contribution is 2.36. The standard InChI is InChI=1S/C38H39ClN8O3S2/c1-38(2,51-3)33-21-35(47(44-33)28-9-6-7-25(19-28)23-45-15-17-50-18-16-45)41-37(49)40-22-26-8-4-5-10-32(26)52-29-12-14-34-42-43-36(46(34)24-29)30-20-27(39)11-13-31(30)48/h4-14,19-21,24,48H,15-18,22-23H2,1-3H3,(H2,40,41,49). The number of fused-ring (bicyclic) bond motifs is 1. The fourth-order valence-corrected chi connectivity index (χ4v) is 7.33. The van der Waals surface area contributed by atoms with Gasteiger partial charge in [0.25, 0.3) is 0 Å². The van der Waals surface area contributed by atoms with E-state index < -0.39 is 0 Å². The van der Waals surface area contributed by atoms with E-state index in [1.165, 1.54) is 5.56 Å². The van der Waals surface area contributed by atoms with Crippen LogP contribution in [0.3, 0.4) is 0 Å². The number of phenolic OH excluding ortho intramolecular Hbond substituents is 1. The van der Waals surface area contributed by atoms with Crippen molar-refractivity contribution in [3.63, 3.8) is 0 Å². The molecule has 1 aliphatic heterocycles. The molecule has 52 heavy (non-hydrogen) atoms. The predicted molar refractivity (Wildman–Crippen MR) is 208 cm³/mol. The van der Waals surface area contributed by atoms with E-state index in [2.05, 4.69) is 58.0 Å². The highest BCUT2D eigenvalue weighted by Gasteiger charge is 2.25. The van der Waals surface area contributed by atoms with Crippen LogP contribution in [0.2, 0.25) is 5.02 Å². The van der Waals surface area contributed by atoms with E-state index >= 15 is 0 Å². The second kappa shape index (κ2) is 15.6. The second-order valence-corrected chi connectivity index (χ2v) is 15.9. The fraction of sp³-hybridized carbons (Fsp3) is 0.263. The van der Waals surface area contributed by atoms with Crippen molar-refractivity contribution in [3.8, 4) is 22.8 Å². The molecular formula is C38H39ClN8O3S2. The third-order valence-corrected chi connectivity index (χ3v) is 11.5. The molecule has 0 atom stereocenters. The van der Waals surface area contributed by atoms with Gasteiger partial charge in [-0.1, -0.05) is 53.7 Å². The van der Waals surface area contributed by atoms with Gasteiger partial charge in [0.2, 0.25) is 0 Å². The minimum Gasteiger partial charge on any atom is -0.507 e. The number of halogens is 1. The zero-order valence-corrected chi connectivity index (χ0v) is 31.4. The lowest BCUT2D eigenvalue weighted by Crippen LogP contribution is -2.35. The molecule has 4 heterocycles. The highest BCUT2D eigenvalue weighted by atomic mass is 35.5. The number of morpholine rings is 1. The number of amides is 2. The predicted octanol–water partition coefficient (Wildman–Crippen LogP) is 7.84. The van der Waals surface area contributed by atoms with Crippen LogP contribution in [0.5, 0.6) is 5.75 Å². The zero-order valence-electron chi connectivity index (χ0n) is 29.0. The number of benzene rings is 3. The van der Waals surface area contributed by atoms with Crippen molar-refractivity contribution >= 4 is 52.6 Å². The number of aromatic hydroxyl groups is 1. The van der Waals surface area contributed by atoms with Crippen LogP contribution in [-0.2, 0) is 22.6 Å². The first-order chi connectivity index (χ1) is 25.2. The molecule has 0 unspecified atom stereocenters. The maximum Gasteiger partial charge on any atom is 0.320 e. The lowest BCUT2D eigenvalue weighted by atomic mass is 10.1. The van der Waals surface area contributed by atoms with Crippen LogP contribution in [0.1, 0.15) is 30.7 Å². The van der Waals surface area contributed by atoms with E-state index in [9.17, 15) is 9.90 Å². The molecule has 7 rings (SSSR count). The fourth-order valence-electron chi connectivity index (χ4n) is 5.88. The molecule has 0 spiro atoms. The van der Waals surface area contributed by atoms with Crippen molar-refractivity contribution in [3.05, 3.63) is 113 Å². The molecule has 2 amide bonds. The van der Waals surface area contributed by atoms with E-state index in [1.807, 2.05) is 69.9 Å². The van der Waals surface area contributed by atoms with Crippen LogP contribution in [0, 0.1) is 0 Å². The number of carbonyl (C=O) groups excluding carboxylic acids is 1. The molecule has 268 valence electrons. The SMILES string of the molecule is CSC(C)(C)c1cc(NC(=O)NCc2ccccc2Sc2ccc3nnc(-c4cc(Cl)ccc4O)n3c2)n(-c2cccc(CN3CCOCC3)c2)n1. The number of carbonyl (C=O) groups is 1. The first-order valence-electron chi connectivity index (χ1n) is 16.9. The highest BCUT2D eigenvalue weighted by molar-refractivity contribution is 7.99. The molecule has 1 saturated heterocycles. The number of pyridine rings is 1. The molecule has 1 fully saturated rings. The molecule has 0 radical (unpaired) electrons. The van der Waals surface area contributed by atoms with Crippen molar-refractivity contribution in [2.24, 2.45) is 0 Å². The second-order valence-electron chi connectivity index (χ2n) is 12.9. The molecule has 0 aliphatic carbocycles. The van der Waals surface area contributed by atoms with Gasteiger partial charge in [0.1, 0.15) is 11.6 Å². The third-order valence-electron chi connectivity index (χ3n) is 8.96. The maximum atomic E-state index is 13.5. The Balaban J connectivity index is 1.08. The first-order valence-corrected chi connectivity index (χ1v) is 19.3. The summed E-state index contributed by atoms with van der Waals surface area (Å²) in [6.45, 7) is 8.67. The van der Waals surface area contributed by atoms with Gasteiger partial charge in [0.15, 0.2) is 11.5 Å². The molecular weight excluding hydrogens is 716 g/mol. The van der Waals surface area contributed by atoms with Gasteiger partial charge < -0.3 is 15.2 Å². The zero-order chi connectivity index (χ0) is 36.2. The minimum atomic E-state index is -0.337. The lowest BCUT2D eigenvalue weighted by molar-refractivity contribution is 0.0342. The number of nitrogens with zero attached hydrogens (tertiary/aromatic N) is 6. The van der Waals surface area contributed by atoms with Gasteiger partial charge in [-0.25, -0.2) is 9.48 Å². The van der Waals surface area contributed by atoms with Gasteiger partial charge in [-0.3, -0.25) is 14.6 Å². The summed E-state index contributed by atoms with van der Waals surface area (Å²) in [5.74, 6) is 1.14. The van der Waals surface area contributed by atoms with Gasteiger partial charge in [-0.2, -0.15) is 16.9 Å². The maximum absolute atomic E-state index is 13.5. The number of hydrogen-bond donors (Lipinski definition) is 3. The number of phenols is 1. The molecule has 14 heteroatoms. The lowest BCUT2D eigenvalue weighted by Gasteiger charge is -2.26. The number of rotatable bonds is 11. The van der Waals surface area contributed by atoms with Gasteiger partial charge in [0, 0.05) is 53.3 Å². The number of ether oxygens (including phenoxy) is 1. The topological polar surface area (TPSA) is 122 Å². The minimum absolute atomic E-state index is 0.0657. The molecule has 6 aromatic rings. The molecule has 3 N–H and O–H groups in total. The van der Waals surface area contributed by atoms with Gasteiger partial charge in [-0.05, 0) is 79.8 Å². The van der Waals surface area contributed by atoms with E-state index in [0.29, 0.717) is 34.4 Å². The summed E-state index contributed by atoms with van der Waals surface area (Å²) in [5.41, 5.74) is 5.00. The Morgan fingerprint density at radius 1 is 1.00 bits per heavy atom.